The largest absolute Gasteiger partial charge is 0.381 e. The molecule has 1 fully saturated rings. The van der Waals surface area contributed by atoms with Crippen molar-refractivity contribution in [1.29, 1.82) is 0 Å². The minimum atomic E-state index is 0.585. The number of benzene rings is 1. The SMILES string of the molecule is CCNC(=NCCc1c(Cl)cccc1Cl)N(C)CC1CCOC1. The molecule has 0 bridgehead atoms. The van der Waals surface area contributed by atoms with Crippen molar-refractivity contribution < 1.29 is 4.74 Å². The van der Waals surface area contributed by atoms with Crippen LogP contribution in [0.3, 0.4) is 0 Å². The van der Waals surface area contributed by atoms with Crippen LogP contribution in [-0.4, -0.2) is 50.8 Å². The fourth-order valence-corrected chi connectivity index (χ4v) is 3.30. The molecule has 1 N–H and O–H groups in total. The molecule has 1 aromatic rings. The first-order valence-electron chi connectivity index (χ1n) is 8.12. The van der Waals surface area contributed by atoms with Crippen LogP contribution in [0, 0.1) is 5.92 Å². The molecule has 1 atom stereocenters. The minimum absolute atomic E-state index is 0.585. The zero-order valence-electron chi connectivity index (χ0n) is 13.8. The number of nitrogens with zero attached hydrogens (tertiary/aromatic N) is 2. The van der Waals surface area contributed by atoms with Crippen molar-refractivity contribution in [3.63, 3.8) is 0 Å². The number of rotatable bonds is 6. The van der Waals surface area contributed by atoms with E-state index in [1.807, 2.05) is 18.2 Å². The van der Waals surface area contributed by atoms with Gasteiger partial charge in [-0.3, -0.25) is 4.99 Å². The van der Waals surface area contributed by atoms with E-state index in [0.29, 0.717) is 22.5 Å². The fourth-order valence-electron chi connectivity index (χ4n) is 2.72. The van der Waals surface area contributed by atoms with Crippen LogP contribution in [0.5, 0.6) is 0 Å². The summed E-state index contributed by atoms with van der Waals surface area (Å²) in [5.41, 5.74) is 0.960. The average molecular weight is 358 g/mol. The van der Waals surface area contributed by atoms with Crippen LogP contribution in [0.15, 0.2) is 23.2 Å². The van der Waals surface area contributed by atoms with Crippen molar-refractivity contribution in [1.82, 2.24) is 10.2 Å². The van der Waals surface area contributed by atoms with Crippen LogP contribution < -0.4 is 5.32 Å². The Hall–Kier alpha value is -0.970. The van der Waals surface area contributed by atoms with Gasteiger partial charge in [0.25, 0.3) is 0 Å². The summed E-state index contributed by atoms with van der Waals surface area (Å²) < 4.78 is 5.45. The van der Waals surface area contributed by atoms with E-state index in [-0.39, 0.29) is 0 Å². The number of halogens is 2. The smallest absolute Gasteiger partial charge is 0.193 e. The molecule has 1 heterocycles. The Bertz CT molecular complexity index is 510. The van der Waals surface area contributed by atoms with Crippen LogP contribution in [0.4, 0.5) is 0 Å². The molecule has 23 heavy (non-hydrogen) atoms. The lowest BCUT2D eigenvalue weighted by Gasteiger charge is -2.24. The molecule has 1 aliphatic rings. The molecule has 0 amide bonds. The van der Waals surface area contributed by atoms with Gasteiger partial charge in [-0.15, -0.1) is 0 Å². The number of ether oxygens (including phenoxy) is 1. The number of aliphatic imine (C=N–C) groups is 1. The van der Waals surface area contributed by atoms with E-state index in [9.17, 15) is 0 Å². The predicted octanol–water partition coefficient (Wildman–Crippen LogP) is 3.47. The molecule has 6 heteroatoms. The van der Waals surface area contributed by atoms with E-state index in [1.165, 1.54) is 0 Å². The molecule has 1 saturated heterocycles. The van der Waals surface area contributed by atoms with E-state index < -0.39 is 0 Å². The summed E-state index contributed by atoms with van der Waals surface area (Å²) in [5.74, 6) is 1.50. The zero-order valence-corrected chi connectivity index (χ0v) is 15.3. The average Bonchev–Trinajstić information content (AvgIpc) is 3.02. The van der Waals surface area contributed by atoms with Gasteiger partial charge >= 0.3 is 0 Å². The maximum absolute atomic E-state index is 6.21. The molecule has 4 nitrogen and oxygen atoms in total. The highest BCUT2D eigenvalue weighted by atomic mass is 35.5. The van der Waals surface area contributed by atoms with Crippen LogP contribution in [-0.2, 0) is 11.2 Å². The maximum Gasteiger partial charge on any atom is 0.193 e. The van der Waals surface area contributed by atoms with Crippen molar-refractivity contribution in [2.24, 2.45) is 10.9 Å². The molecule has 0 aliphatic carbocycles. The van der Waals surface area contributed by atoms with Gasteiger partial charge in [-0.25, -0.2) is 0 Å². The quantitative estimate of drug-likeness (QED) is 0.625. The summed E-state index contributed by atoms with van der Waals surface area (Å²) in [6, 6.07) is 5.59. The normalized spacial score (nSPS) is 18.3. The molecule has 1 unspecified atom stereocenters. The van der Waals surface area contributed by atoms with Crippen molar-refractivity contribution in [2.45, 2.75) is 19.8 Å². The van der Waals surface area contributed by atoms with Crippen molar-refractivity contribution in [3.8, 4) is 0 Å². The van der Waals surface area contributed by atoms with Crippen LogP contribution >= 0.6 is 23.2 Å². The van der Waals surface area contributed by atoms with E-state index in [4.69, 9.17) is 32.9 Å². The number of hydrogen-bond donors (Lipinski definition) is 1. The van der Waals surface area contributed by atoms with Gasteiger partial charge in [0.15, 0.2) is 5.96 Å². The first-order chi connectivity index (χ1) is 11.1. The maximum atomic E-state index is 6.21. The second-order valence-electron chi connectivity index (χ2n) is 5.80. The monoisotopic (exact) mass is 357 g/mol. The second kappa shape index (κ2) is 9.36. The van der Waals surface area contributed by atoms with Crippen molar-refractivity contribution >= 4 is 29.2 Å². The van der Waals surface area contributed by atoms with E-state index >= 15 is 0 Å². The Balaban J connectivity index is 1.94. The van der Waals surface area contributed by atoms with Gasteiger partial charge in [-0.1, -0.05) is 29.3 Å². The molecule has 0 aromatic heterocycles. The third-order valence-electron chi connectivity index (χ3n) is 3.94. The van der Waals surface area contributed by atoms with E-state index in [1.54, 1.807) is 0 Å². The predicted molar refractivity (Wildman–Crippen MR) is 97.7 cm³/mol. The number of hydrogen-bond acceptors (Lipinski definition) is 2. The Morgan fingerprint density at radius 3 is 2.74 bits per heavy atom. The molecule has 2 rings (SSSR count). The van der Waals surface area contributed by atoms with Gasteiger partial charge in [0.1, 0.15) is 0 Å². The lowest BCUT2D eigenvalue weighted by Crippen LogP contribution is -2.41. The summed E-state index contributed by atoms with van der Waals surface area (Å²) in [6.45, 7) is 6.25. The number of guanidine groups is 1. The molecule has 1 aromatic carbocycles. The van der Waals surface area contributed by atoms with Crippen LogP contribution in [0.1, 0.15) is 18.9 Å². The third kappa shape index (κ3) is 5.55. The van der Waals surface area contributed by atoms with Crippen LogP contribution in [0.2, 0.25) is 10.0 Å². The topological polar surface area (TPSA) is 36.9 Å². The van der Waals surface area contributed by atoms with E-state index in [0.717, 1.165) is 50.7 Å². The summed E-state index contributed by atoms with van der Waals surface area (Å²) in [4.78, 5) is 6.88. The third-order valence-corrected chi connectivity index (χ3v) is 4.65. The molecular formula is C17H25Cl2N3O. The zero-order chi connectivity index (χ0) is 16.7. The Labute approximate surface area is 148 Å². The van der Waals surface area contributed by atoms with Gasteiger partial charge in [0, 0.05) is 49.3 Å². The minimum Gasteiger partial charge on any atom is -0.381 e. The summed E-state index contributed by atoms with van der Waals surface area (Å²) in [5, 5.41) is 4.75. The first kappa shape index (κ1) is 18.4. The molecule has 1 aliphatic heterocycles. The molecule has 0 radical (unpaired) electrons. The highest BCUT2D eigenvalue weighted by Crippen LogP contribution is 2.24. The summed E-state index contributed by atoms with van der Waals surface area (Å²) in [6.07, 6.45) is 1.85. The van der Waals surface area contributed by atoms with Gasteiger partial charge in [-0.05, 0) is 37.5 Å². The fraction of sp³-hybridized carbons (Fsp3) is 0.588. The van der Waals surface area contributed by atoms with Gasteiger partial charge in [0.2, 0.25) is 0 Å². The van der Waals surface area contributed by atoms with E-state index in [2.05, 4.69) is 24.2 Å². The standard InChI is InChI=1S/C17H25Cl2N3O/c1-3-20-17(22(2)11-13-8-10-23-12-13)21-9-7-14-15(18)5-4-6-16(14)19/h4-6,13H,3,7-12H2,1-2H3,(H,20,21). The van der Waals surface area contributed by atoms with Crippen LogP contribution in [0.25, 0.3) is 0 Å². The lowest BCUT2D eigenvalue weighted by molar-refractivity contribution is 0.181. The Morgan fingerprint density at radius 2 is 2.13 bits per heavy atom. The second-order valence-corrected chi connectivity index (χ2v) is 6.61. The van der Waals surface area contributed by atoms with Crippen molar-refractivity contribution in [2.75, 3.05) is 39.9 Å². The summed E-state index contributed by atoms with van der Waals surface area (Å²) >= 11 is 12.4. The molecular weight excluding hydrogens is 333 g/mol. The molecule has 128 valence electrons. The Morgan fingerprint density at radius 1 is 1.39 bits per heavy atom. The number of nitrogens with one attached hydrogen (secondary N) is 1. The highest BCUT2D eigenvalue weighted by Gasteiger charge is 2.19. The molecule has 0 saturated carbocycles. The molecule has 0 spiro atoms. The highest BCUT2D eigenvalue weighted by molar-refractivity contribution is 6.35. The van der Waals surface area contributed by atoms with Crippen molar-refractivity contribution in [3.05, 3.63) is 33.8 Å². The van der Waals surface area contributed by atoms with Gasteiger partial charge in [0.05, 0.1) is 6.61 Å². The van der Waals surface area contributed by atoms with Gasteiger partial charge < -0.3 is 15.0 Å². The Kier molecular flexibility index (Phi) is 7.47. The van der Waals surface area contributed by atoms with Gasteiger partial charge in [-0.2, -0.15) is 0 Å². The lowest BCUT2D eigenvalue weighted by atomic mass is 10.1. The first-order valence-corrected chi connectivity index (χ1v) is 8.87. The summed E-state index contributed by atoms with van der Waals surface area (Å²) in [7, 11) is 2.07.